The van der Waals surface area contributed by atoms with Crippen LogP contribution in [0.4, 0.5) is 0 Å². The van der Waals surface area contributed by atoms with Crippen molar-refractivity contribution >= 4 is 11.0 Å². The average Bonchev–Trinajstić information content (AvgIpc) is 2.33. The van der Waals surface area contributed by atoms with Crippen LogP contribution in [0.1, 0.15) is 0 Å². The summed E-state index contributed by atoms with van der Waals surface area (Å²) in [6, 6.07) is 10.8. The summed E-state index contributed by atoms with van der Waals surface area (Å²) in [4.78, 5) is 0. The molecule has 0 aliphatic rings. The van der Waals surface area contributed by atoms with Crippen molar-refractivity contribution in [3.8, 4) is 0 Å². The molecule has 0 spiro atoms. The Labute approximate surface area is 83.9 Å². The van der Waals surface area contributed by atoms with Crippen LogP contribution in [0.2, 0.25) is 0 Å². The molecule has 0 aliphatic heterocycles. The minimum atomic E-state index is 0. The molecule has 1 aromatic carbocycles. The van der Waals surface area contributed by atoms with Crippen molar-refractivity contribution in [2.45, 2.75) is 0 Å². The molecule has 0 amide bonds. The number of halogens is 1. The van der Waals surface area contributed by atoms with Crippen LogP contribution in [0, 0.1) is 6.07 Å². The zero-order chi connectivity index (χ0) is 6.10. The van der Waals surface area contributed by atoms with Crippen molar-refractivity contribution in [2.24, 2.45) is 0 Å². The minimum Gasteiger partial charge on any atom is -1.00 e. The number of furan rings is 1. The maximum absolute atomic E-state index is 5.06. The smallest absolute Gasteiger partial charge is 0.134 e. The summed E-state index contributed by atoms with van der Waals surface area (Å²) < 4.78 is 5.06. The van der Waals surface area contributed by atoms with Gasteiger partial charge in [0.25, 0.3) is 0 Å². The Morgan fingerprint density at radius 2 is 1.91 bits per heavy atom. The largest absolute Gasteiger partial charge is 1.00 e. The zero-order valence-electron chi connectivity index (χ0n) is 5.88. The van der Waals surface area contributed by atoms with E-state index in [0.717, 1.165) is 11.0 Å². The molecule has 1 nitrogen and oxygen atoms in total. The number of benzene rings is 1. The molecule has 2 aromatic rings. The van der Waals surface area contributed by atoms with Gasteiger partial charge in [0, 0.05) is 30.9 Å². The molecule has 0 fully saturated rings. The Hall–Kier alpha value is -0.327. The van der Waals surface area contributed by atoms with Gasteiger partial charge in [-0.1, -0.05) is 18.2 Å². The third-order valence-electron chi connectivity index (χ3n) is 1.29. The van der Waals surface area contributed by atoms with Gasteiger partial charge in [-0.2, -0.15) is 0 Å². The molecule has 3 heteroatoms. The van der Waals surface area contributed by atoms with Crippen molar-refractivity contribution in [3.63, 3.8) is 0 Å². The van der Waals surface area contributed by atoms with Crippen LogP contribution < -0.4 is 12.4 Å². The fourth-order valence-corrected chi connectivity index (χ4v) is 0.845. The molecule has 0 bridgehead atoms. The zero-order valence-corrected chi connectivity index (χ0v) is 9.60. The van der Waals surface area contributed by atoms with Gasteiger partial charge in [0.2, 0.25) is 0 Å². The first-order valence-corrected chi connectivity index (χ1v) is 2.81. The van der Waals surface area contributed by atoms with Crippen molar-refractivity contribution in [1.29, 1.82) is 0 Å². The standard InChI is InChI=1S/C8H5O.ClH.Zn/c1-2-4-8-7(3-1)5-6-9-8;;/h1-4,6H;1H;/p-1. The molecule has 1 radical (unpaired) electrons. The van der Waals surface area contributed by atoms with E-state index in [9.17, 15) is 0 Å². The van der Waals surface area contributed by atoms with Crippen LogP contribution in [0.15, 0.2) is 34.9 Å². The normalized spacial score (nSPS) is 8.36. The van der Waals surface area contributed by atoms with Crippen LogP contribution in [0.3, 0.4) is 0 Å². The van der Waals surface area contributed by atoms with Crippen LogP contribution in [0.25, 0.3) is 11.0 Å². The van der Waals surface area contributed by atoms with Crippen LogP contribution in [-0.2, 0) is 19.5 Å². The number of hydrogen-bond donors (Lipinski definition) is 0. The first-order chi connectivity index (χ1) is 4.47. The van der Waals surface area contributed by atoms with E-state index in [1.165, 1.54) is 0 Å². The van der Waals surface area contributed by atoms with Crippen LogP contribution in [-0.4, -0.2) is 0 Å². The van der Waals surface area contributed by atoms with Gasteiger partial charge in [-0.05, 0) is 6.07 Å². The predicted octanol–water partition coefficient (Wildman–Crippen LogP) is -0.766. The third kappa shape index (κ3) is 2.05. The van der Waals surface area contributed by atoms with Gasteiger partial charge in [-0.15, -0.1) is 0 Å². The summed E-state index contributed by atoms with van der Waals surface area (Å²) in [5.74, 6) is 0. The molecule has 0 N–H and O–H groups in total. The van der Waals surface area contributed by atoms with E-state index < -0.39 is 0 Å². The molecule has 2 rings (SSSR count). The van der Waals surface area contributed by atoms with Crippen molar-refractivity contribution < 1.29 is 36.3 Å². The van der Waals surface area contributed by atoms with Gasteiger partial charge in [-0.3, -0.25) is 0 Å². The molecule has 1 heterocycles. The first-order valence-electron chi connectivity index (χ1n) is 2.81. The van der Waals surface area contributed by atoms with E-state index in [-0.39, 0.29) is 31.9 Å². The SMILES string of the molecule is [Cl-].[Zn].[c]1coc2ccccc12. The maximum atomic E-state index is 5.06. The second kappa shape index (κ2) is 4.53. The molecule has 0 aliphatic carbocycles. The molecule has 0 saturated carbocycles. The van der Waals surface area contributed by atoms with Crippen LogP contribution in [0.5, 0.6) is 0 Å². The minimum absolute atomic E-state index is 0. The van der Waals surface area contributed by atoms with Gasteiger partial charge in [-0.25, -0.2) is 0 Å². The van der Waals surface area contributed by atoms with Gasteiger partial charge in [0.05, 0.1) is 6.26 Å². The Morgan fingerprint density at radius 1 is 1.18 bits per heavy atom. The summed E-state index contributed by atoms with van der Waals surface area (Å²) in [5.41, 5.74) is 0.900. The maximum Gasteiger partial charge on any atom is 0.134 e. The van der Waals surface area contributed by atoms with Gasteiger partial charge >= 0.3 is 0 Å². The summed E-state index contributed by atoms with van der Waals surface area (Å²) >= 11 is 0. The topological polar surface area (TPSA) is 13.1 Å². The molecule has 0 atom stereocenters. The Morgan fingerprint density at radius 3 is 2.64 bits per heavy atom. The summed E-state index contributed by atoms with van der Waals surface area (Å²) in [6.07, 6.45) is 1.57. The van der Waals surface area contributed by atoms with Crippen molar-refractivity contribution in [3.05, 3.63) is 36.6 Å². The van der Waals surface area contributed by atoms with E-state index in [1.54, 1.807) is 6.26 Å². The fourth-order valence-electron chi connectivity index (χ4n) is 0.845. The Balaban J connectivity index is 0.000000500. The van der Waals surface area contributed by atoms with E-state index >= 15 is 0 Å². The molecule has 1 aromatic heterocycles. The predicted molar refractivity (Wildman–Crippen MR) is 35.1 cm³/mol. The molecule has 11 heavy (non-hydrogen) atoms. The second-order valence-corrected chi connectivity index (χ2v) is 1.88. The third-order valence-corrected chi connectivity index (χ3v) is 1.29. The van der Waals surface area contributed by atoms with Crippen molar-refractivity contribution in [1.82, 2.24) is 0 Å². The fraction of sp³-hybridized carbons (Fsp3) is 0. The molecule has 0 unspecified atom stereocenters. The molecular weight excluding hydrogens is 213 g/mol. The van der Waals surface area contributed by atoms with E-state index in [0.29, 0.717) is 0 Å². The molecule has 53 valence electrons. The molecular formula is C8H5ClOZn-. The summed E-state index contributed by atoms with van der Waals surface area (Å²) in [7, 11) is 0. The van der Waals surface area contributed by atoms with Gasteiger partial charge < -0.3 is 16.8 Å². The number of para-hydroxylation sites is 1. The Bertz CT molecular complexity index is 288. The van der Waals surface area contributed by atoms with E-state index in [1.807, 2.05) is 24.3 Å². The van der Waals surface area contributed by atoms with E-state index in [2.05, 4.69) is 6.07 Å². The number of hydrogen-bond acceptors (Lipinski definition) is 1. The van der Waals surface area contributed by atoms with Gasteiger partial charge in [0.15, 0.2) is 0 Å². The van der Waals surface area contributed by atoms with Crippen LogP contribution >= 0.6 is 0 Å². The molecule has 0 saturated heterocycles. The number of fused-ring (bicyclic) bond motifs is 1. The average molecular weight is 218 g/mol. The van der Waals surface area contributed by atoms with Crippen molar-refractivity contribution in [2.75, 3.05) is 0 Å². The first kappa shape index (κ1) is 10.7. The van der Waals surface area contributed by atoms with Gasteiger partial charge in [0.1, 0.15) is 5.58 Å². The van der Waals surface area contributed by atoms with E-state index in [4.69, 9.17) is 4.42 Å². The summed E-state index contributed by atoms with van der Waals surface area (Å²) in [5, 5.41) is 1.04. The monoisotopic (exact) mass is 216 g/mol. The number of rotatable bonds is 0. The second-order valence-electron chi connectivity index (χ2n) is 1.88. The Kier molecular flexibility index (Phi) is 4.40. The quantitative estimate of drug-likeness (QED) is 0.529. The summed E-state index contributed by atoms with van der Waals surface area (Å²) in [6.45, 7) is 0.